The third-order valence-corrected chi connectivity index (χ3v) is 5.23. The van der Waals surface area contributed by atoms with Crippen molar-refractivity contribution in [1.82, 2.24) is 0 Å². The monoisotopic (exact) mass is 307 g/mol. The molecule has 1 aromatic carbocycles. The highest BCUT2D eigenvalue weighted by atomic mass is 35.5. The largest absolute Gasteiger partial charge is 0.487 e. The van der Waals surface area contributed by atoms with E-state index in [1.54, 1.807) is 0 Å². The first-order chi connectivity index (χ1) is 9.97. The fraction of sp³-hybridized carbons (Fsp3) is 0.667. The molecule has 116 valence electrons. The Morgan fingerprint density at radius 1 is 1.38 bits per heavy atom. The fourth-order valence-electron chi connectivity index (χ4n) is 4.28. The van der Waals surface area contributed by atoms with Crippen LogP contribution in [0.1, 0.15) is 64.0 Å². The van der Waals surface area contributed by atoms with Crippen LogP contribution in [-0.2, 0) is 0 Å². The smallest absolute Gasteiger partial charge is 0.125 e. The van der Waals surface area contributed by atoms with E-state index in [0.717, 1.165) is 47.4 Å². The fourth-order valence-corrected chi connectivity index (χ4v) is 4.46. The molecule has 1 fully saturated rings. The Kier molecular flexibility index (Phi) is 4.20. The van der Waals surface area contributed by atoms with Gasteiger partial charge < -0.3 is 10.5 Å². The molecule has 2 nitrogen and oxygen atoms in total. The van der Waals surface area contributed by atoms with Crippen molar-refractivity contribution in [3.05, 3.63) is 28.8 Å². The molecule has 3 unspecified atom stereocenters. The van der Waals surface area contributed by atoms with Crippen LogP contribution in [0, 0.1) is 11.8 Å². The van der Waals surface area contributed by atoms with Gasteiger partial charge in [-0.25, -0.2) is 0 Å². The Labute approximate surface area is 133 Å². The Hall–Kier alpha value is -0.730. The van der Waals surface area contributed by atoms with Gasteiger partial charge in [-0.15, -0.1) is 0 Å². The van der Waals surface area contributed by atoms with Crippen molar-refractivity contribution < 1.29 is 4.74 Å². The number of ether oxygens (including phenoxy) is 1. The summed E-state index contributed by atoms with van der Waals surface area (Å²) in [5, 5.41) is 0.741. The van der Waals surface area contributed by atoms with Crippen molar-refractivity contribution >= 4 is 11.6 Å². The lowest BCUT2D eigenvalue weighted by atomic mass is 9.71. The quantitative estimate of drug-likeness (QED) is 0.825. The van der Waals surface area contributed by atoms with E-state index >= 15 is 0 Å². The van der Waals surface area contributed by atoms with Crippen LogP contribution < -0.4 is 10.5 Å². The summed E-state index contributed by atoms with van der Waals surface area (Å²) in [4.78, 5) is 0. The van der Waals surface area contributed by atoms with Gasteiger partial charge in [-0.1, -0.05) is 31.9 Å². The van der Waals surface area contributed by atoms with Crippen LogP contribution >= 0.6 is 11.6 Å². The van der Waals surface area contributed by atoms with E-state index in [1.165, 1.54) is 19.3 Å². The highest BCUT2D eigenvalue weighted by molar-refractivity contribution is 6.30. The van der Waals surface area contributed by atoms with Crippen molar-refractivity contribution in [2.24, 2.45) is 17.6 Å². The van der Waals surface area contributed by atoms with Crippen molar-refractivity contribution in [2.75, 3.05) is 0 Å². The van der Waals surface area contributed by atoms with E-state index in [9.17, 15) is 0 Å². The molecule has 1 aliphatic heterocycles. The average Bonchev–Trinajstić information content (AvgIpc) is 2.39. The van der Waals surface area contributed by atoms with E-state index in [0.29, 0.717) is 0 Å². The van der Waals surface area contributed by atoms with Gasteiger partial charge in [0.15, 0.2) is 0 Å². The lowest BCUT2D eigenvalue weighted by Gasteiger charge is -2.46. The molecule has 1 aromatic rings. The molecule has 3 heteroatoms. The standard InChI is InChI=1S/C18H26ClNO/c1-12(2)8-13-4-3-7-18(10-13)11-16(20)15-9-14(19)5-6-17(15)21-18/h5-6,9,12-13,16H,3-4,7-8,10-11,20H2,1-2H3. The molecule has 1 saturated carbocycles. The summed E-state index contributed by atoms with van der Waals surface area (Å²) >= 11 is 6.09. The Morgan fingerprint density at radius 2 is 2.19 bits per heavy atom. The number of rotatable bonds is 2. The molecule has 1 spiro atoms. The molecule has 1 heterocycles. The minimum atomic E-state index is -0.0436. The summed E-state index contributed by atoms with van der Waals surface area (Å²) in [6.45, 7) is 4.62. The van der Waals surface area contributed by atoms with E-state index in [-0.39, 0.29) is 11.6 Å². The zero-order valence-corrected chi connectivity index (χ0v) is 13.8. The first kappa shape index (κ1) is 15.2. The van der Waals surface area contributed by atoms with E-state index in [1.807, 2.05) is 18.2 Å². The second kappa shape index (κ2) is 5.81. The van der Waals surface area contributed by atoms with Crippen molar-refractivity contribution in [3.8, 4) is 5.75 Å². The molecule has 0 bridgehead atoms. The highest BCUT2D eigenvalue weighted by Crippen LogP contribution is 2.48. The topological polar surface area (TPSA) is 35.2 Å². The molecular weight excluding hydrogens is 282 g/mol. The third-order valence-electron chi connectivity index (χ3n) is 5.00. The summed E-state index contributed by atoms with van der Waals surface area (Å²) in [6, 6.07) is 5.90. The maximum absolute atomic E-state index is 6.46. The SMILES string of the molecule is CC(C)CC1CCCC2(C1)CC(N)c1cc(Cl)ccc1O2. The van der Waals surface area contributed by atoms with Gasteiger partial charge in [0.25, 0.3) is 0 Å². The molecule has 0 amide bonds. The lowest BCUT2D eigenvalue weighted by Crippen LogP contribution is -2.46. The molecule has 3 rings (SSSR count). The minimum Gasteiger partial charge on any atom is -0.487 e. The van der Waals surface area contributed by atoms with Crippen LogP contribution in [0.4, 0.5) is 0 Å². The third kappa shape index (κ3) is 3.22. The zero-order valence-electron chi connectivity index (χ0n) is 13.1. The van der Waals surface area contributed by atoms with Gasteiger partial charge >= 0.3 is 0 Å². The molecule has 0 saturated heterocycles. The molecule has 21 heavy (non-hydrogen) atoms. The Morgan fingerprint density at radius 3 is 2.95 bits per heavy atom. The van der Waals surface area contributed by atoms with E-state index in [2.05, 4.69) is 13.8 Å². The first-order valence-corrected chi connectivity index (χ1v) is 8.59. The van der Waals surface area contributed by atoms with Gasteiger partial charge in [0.2, 0.25) is 0 Å². The van der Waals surface area contributed by atoms with Gasteiger partial charge in [0.1, 0.15) is 11.4 Å². The van der Waals surface area contributed by atoms with Crippen LogP contribution in [0.2, 0.25) is 5.02 Å². The predicted octanol–water partition coefficient (Wildman–Crippen LogP) is 5.10. The highest BCUT2D eigenvalue weighted by Gasteiger charge is 2.43. The van der Waals surface area contributed by atoms with Gasteiger partial charge in [-0.05, 0) is 55.7 Å². The average molecular weight is 308 g/mol. The molecule has 0 aromatic heterocycles. The number of nitrogens with two attached hydrogens (primary N) is 1. The van der Waals surface area contributed by atoms with Gasteiger partial charge in [0.05, 0.1) is 0 Å². The molecule has 1 aliphatic carbocycles. The van der Waals surface area contributed by atoms with Crippen molar-refractivity contribution in [1.29, 1.82) is 0 Å². The predicted molar refractivity (Wildman–Crippen MR) is 87.8 cm³/mol. The normalized spacial score (nSPS) is 32.0. The Balaban J connectivity index is 1.82. The van der Waals surface area contributed by atoms with Crippen LogP contribution in [0.15, 0.2) is 18.2 Å². The van der Waals surface area contributed by atoms with Gasteiger partial charge in [-0.2, -0.15) is 0 Å². The summed E-state index contributed by atoms with van der Waals surface area (Å²) < 4.78 is 6.46. The van der Waals surface area contributed by atoms with Gasteiger partial charge in [0, 0.05) is 23.0 Å². The molecule has 3 atom stereocenters. The molecular formula is C18H26ClNO. The molecule has 2 N–H and O–H groups in total. The number of hydrogen-bond acceptors (Lipinski definition) is 2. The van der Waals surface area contributed by atoms with Gasteiger partial charge in [-0.3, -0.25) is 0 Å². The second-order valence-electron chi connectivity index (χ2n) is 7.37. The Bertz CT molecular complexity index is 516. The van der Waals surface area contributed by atoms with Crippen LogP contribution in [0.5, 0.6) is 5.75 Å². The van der Waals surface area contributed by atoms with Crippen molar-refractivity contribution in [3.63, 3.8) is 0 Å². The molecule has 0 radical (unpaired) electrons. The van der Waals surface area contributed by atoms with Crippen LogP contribution in [-0.4, -0.2) is 5.60 Å². The van der Waals surface area contributed by atoms with E-state index < -0.39 is 0 Å². The minimum absolute atomic E-state index is 0.0436. The lowest BCUT2D eigenvalue weighted by molar-refractivity contribution is -0.0201. The second-order valence-corrected chi connectivity index (χ2v) is 7.81. The van der Waals surface area contributed by atoms with E-state index in [4.69, 9.17) is 22.1 Å². The number of benzene rings is 1. The summed E-state index contributed by atoms with van der Waals surface area (Å²) in [7, 11) is 0. The summed E-state index contributed by atoms with van der Waals surface area (Å²) in [5.74, 6) is 2.48. The molecule has 2 aliphatic rings. The summed E-state index contributed by atoms with van der Waals surface area (Å²) in [6.07, 6.45) is 7.11. The maximum Gasteiger partial charge on any atom is 0.125 e. The number of fused-ring (bicyclic) bond motifs is 1. The number of halogens is 1. The van der Waals surface area contributed by atoms with Crippen molar-refractivity contribution in [2.45, 2.75) is 64.0 Å². The summed E-state index contributed by atoms with van der Waals surface area (Å²) in [5.41, 5.74) is 7.45. The number of hydrogen-bond donors (Lipinski definition) is 1. The maximum atomic E-state index is 6.46. The zero-order chi connectivity index (χ0) is 15.0. The first-order valence-electron chi connectivity index (χ1n) is 8.21. The van der Waals surface area contributed by atoms with Crippen LogP contribution in [0.3, 0.4) is 0 Å². The van der Waals surface area contributed by atoms with Crippen LogP contribution in [0.25, 0.3) is 0 Å².